The first kappa shape index (κ1) is 9.39. The maximum Gasteiger partial charge on any atom is 0.227 e. The van der Waals surface area contributed by atoms with E-state index >= 15 is 0 Å². The summed E-state index contributed by atoms with van der Waals surface area (Å²) in [6.07, 6.45) is 5.71. The van der Waals surface area contributed by atoms with Crippen LogP contribution in [-0.4, -0.2) is 15.3 Å². The number of hydrogen-bond acceptors (Lipinski definition) is 2. The largest absolute Gasteiger partial charge is 0.324 e. The minimum atomic E-state index is 0.141. The number of carbonyl (C=O) groups excluding carboxylic acids is 1. The van der Waals surface area contributed by atoms with Gasteiger partial charge in [-0.2, -0.15) is 0 Å². The number of amides is 1. The molecular weight excluding hydrogens is 202 g/mol. The zero-order chi connectivity index (χ0) is 11.1. The number of anilines is 1. The van der Waals surface area contributed by atoms with Gasteiger partial charge in [0.25, 0.3) is 0 Å². The Morgan fingerprint density at radius 2 is 2.31 bits per heavy atom. The second-order valence-electron chi connectivity index (χ2n) is 4.25. The Morgan fingerprint density at radius 1 is 1.50 bits per heavy atom. The van der Waals surface area contributed by atoms with Crippen molar-refractivity contribution >= 4 is 17.2 Å². The van der Waals surface area contributed by atoms with Crippen LogP contribution >= 0.6 is 0 Å². The Labute approximate surface area is 93.3 Å². The highest BCUT2D eigenvalue weighted by atomic mass is 16.2. The molecule has 2 aromatic heterocycles. The molecule has 1 amide bonds. The molecule has 16 heavy (non-hydrogen) atoms. The molecule has 0 saturated heterocycles. The van der Waals surface area contributed by atoms with Crippen LogP contribution in [0.2, 0.25) is 0 Å². The molecule has 0 aliphatic heterocycles. The SMILES string of the molecule is Cc1c(NC(=O)C2CC2)ccc2nccn12. The summed E-state index contributed by atoms with van der Waals surface area (Å²) in [5.41, 5.74) is 2.80. The second kappa shape index (κ2) is 3.33. The lowest BCUT2D eigenvalue weighted by molar-refractivity contribution is -0.117. The van der Waals surface area contributed by atoms with E-state index in [0.29, 0.717) is 0 Å². The zero-order valence-corrected chi connectivity index (χ0v) is 9.10. The van der Waals surface area contributed by atoms with Crippen molar-refractivity contribution in [1.29, 1.82) is 0 Å². The summed E-state index contributed by atoms with van der Waals surface area (Å²) in [6, 6.07) is 3.83. The third kappa shape index (κ3) is 1.46. The number of hydrogen-bond donors (Lipinski definition) is 1. The van der Waals surface area contributed by atoms with E-state index < -0.39 is 0 Å². The predicted molar refractivity (Wildman–Crippen MR) is 61.3 cm³/mol. The number of imidazole rings is 1. The van der Waals surface area contributed by atoms with Crippen molar-refractivity contribution in [1.82, 2.24) is 9.38 Å². The first-order valence-electron chi connectivity index (χ1n) is 5.49. The van der Waals surface area contributed by atoms with Crippen LogP contribution in [0.5, 0.6) is 0 Å². The molecule has 1 fully saturated rings. The van der Waals surface area contributed by atoms with Crippen LogP contribution < -0.4 is 5.32 Å². The van der Waals surface area contributed by atoms with Gasteiger partial charge in [0, 0.05) is 24.0 Å². The maximum absolute atomic E-state index is 11.7. The predicted octanol–water partition coefficient (Wildman–Crippen LogP) is 1.99. The second-order valence-corrected chi connectivity index (χ2v) is 4.25. The highest BCUT2D eigenvalue weighted by Gasteiger charge is 2.29. The Balaban J connectivity index is 1.96. The molecule has 2 heterocycles. The molecule has 0 bridgehead atoms. The van der Waals surface area contributed by atoms with E-state index in [1.165, 1.54) is 0 Å². The minimum absolute atomic E-state index is 0.141. The molecule has 3 rings (SSSR count). The third-order valence-corrected chi connectivity index (χ3v) is 3.03. The molecule has 0 unspecified atom stereocenters. The van der Waals surface area contributed by atoms with Crippen LogP contribution in [0.25, 0.3) is 5.65 Å². The number of aromatic nitrogens is 2. The number of nitrogens with one attached hydrogen (secondary N) is 1. The minimum Gasteiger partial charge on any atom is -0.324 e. The molecule has 4 heteroatoms. The van der Waals surface area contributed by atoms with E-state index in [-0.39, 0.29) is 11.8 Å². The number of aryl methyl sites for hydroxylation is 1. The number of fused-ring (bicyclic) bond motifs is 1. The van der Waals surface area contributed by atoms with Crippen molar-refractivity contribution in [3.05, 3.63) is 30.2 Å². The average Bonchev–Trinajstić information content (AvgIpc) is 3.01. The van der Waals surface area contributed by atoms with Gasteiger partial charge >= 0.3 is 0 Å². The van der Waals surface area contributed by atoms with Gasteiger partial charge in [-0.25, -0.2) is 4.98 Å². The van der Waals surface area contributed by atoms with E-state index in [1.807, 2.05) is 29.7 Å². The van der Waals surface area contributed by atoms with E-state index in [9.17, 15) is 4.79 Å². The van der Waals surface area contributed by atoms with Gasteiger partial charge in [0.1, 0.15) is 5.65 Å². The van der Waals surface area contributed by atoms with Crippen molar-refractivity contribution in [2.45, 2.75) is 19.8 Å². The van der Waals surface area contributed by atoms with Crippen molar-refractivity contribution in [3.63, 3.8) is 0 Å². The van der Waals surface area contributed by atoms with Crippen LogP contribution in [0.4, 0.5) is 5.69 Å². The zero-order valence-electron chi connectivity index (χ0n) is 9.10. The van der Waals surface area contributed by atoms with Gasteiger partial charge in [-0.15, -0.1) is 0 Å². The quantitative estimate of drug-likeness (QED) is 0.832. The first-order valence-corrected chi connectivity index (χ1v) is 5.49. The van der Waals surface area contributed by atoms with Crippen LogP contribution in [0.1, 0.15) is 18.5 Å². The fraction of sp³-hybridized carbons (Fsp3) is 0.333. The Hall–Kier alpha value is -1.84. The molecular formula is C12H13N3O. The average molecular weight is 215 g/mol. The number of pyridine rings is 1. The first-order chi connectivity index (χ1) is 7.75. The lowest BCUT2D eigenvalue weighted by Crippen LogP contribution is -2.15. The summed E-state index contributed by atoms with van der Waals surface area (Å²) < 4.78 is 1.97. The molecule has 1 saturated carbocycles. The molecule has 2 aromatic rings. The van der Waals surface area contributed by atoms with E-state index in [0.717, 1.165) is 29.9 Å². The van der Waals surface area contributed by atoms with Gasteiger partial charge in [-0.1, -0.05) is 0 Å². The summed E-state index contributed by atoms with van der Waals surface area (Å²) in [6.45, 7) is 1.98. The molecule has 0 aromatic carbocycles. The van der Waals surface area contributed by atoms with Crippen LogP contribution in [-0.2, 0) is 4.79 Å². The standard InChI is InChI=1S/C12H13N3O/c1-8-10(14-12(16)9-2-3-9)4-5-11-13-6-7-15(8)11/h4-7,9H,2-3H2,1H3,(H,14,16). The van der Waals surface area contributed by atoms with Crippen molar-refractivity contribution in [2.75, 3.05) is 5.32 Å². The Bertz CT molecular complexity index is 554. The molecule has 4 nitrogen and oxygen atoms in total. The summed E-state index contributed by atoms with van der Waals surface area (Å²) >= 11 is 0. The van der Waals surface area contributed by atoms with Gasteiger partial charge < -0.3 is 9.72 Å². The highest BCUT2D eigenvalue weighted by Crippen LogP contribution is 2.30. The maximum atomic E-state index is 11.7. The molecule has 0 radical (unpaired) electrons. The third-order valence-electron chi connectivity index (χ3n) is 3.03. The van der Waals surface area contributed by atoms with Gasteiger partial charge in [0.15, 0.2) is 0 Å². The summed E-state index contributed by atoms with van der Waals surface area (Å²) in [5.74, 6) is 0.375. The normalized spacial score (nSPS) is 15.3. The number of rotatable bonds is 2. The number of nitrogens with zero attached hydrogens (tertiary/aromatic N) is 2. The van der Waals surface area contributed by atoms with Crippen LogP contribution in [0.3, 0.4) is 0 Å². The molecule has 0 atom stereocenters. The van der Waals surface area contributed by atoms with Gasteiger partial charge in [0.2, 0.25) is 5.91 Å². The van der Waals surface area contributed by atoms with E-state index in [2.05, 4.69) is 10.3 Å². The van der Waals surface area contributed by atoms with Crippen LogP contribution in [0.15, 0.2) is 24.5 Å². The van der Waals surface area contributed by atoms with Gasteiger partial charge in [-0.05, 0) is 31.9 Å². The lowest BCUT2D eigenvalue weighted by Gasteiger charge is -2.09. The highest BCUT2D eigenvalue weighted by molar-refractivity contribution is 5.94. The van der Waals surface area contributed by atoms with Crippen molar-refractivity contribution in [2.24, 2.45) is 5.92 Å². The van der Waals surface area contributed by atoms with Crippen molar-refractivity contribution in [3.8, 4) is 0 Å². The number of carbonyl (C=O) groups is 1. The van der Waals surface area contributed by atoms with Gasteiger partial charge in [0.05, 0.1) is 5.69 Å². The van der Waals surface area contributed by atoms with Crippen molar-refractivity contribution < 1.29 is 4.79 Å². The molecule has 1 N–H and O–H groups in total. The molecule has 1 aliphatic carbocycles. The van der Waals surface area contributed by atoms with E-state index in [4.69, 9.17) is 0 Å². The van der Waals surface area contributed by atoms with E-state index in [1.54, 1.807) is 6.20 Å². The monoisotopic (exact) mass is 215 g/mol. The topological polar surface area (TPSA) is 46.4 Å². The Kier molecular flexibility index (Phi) is 1.96. The smallest absolute Gasteiger partial charge is 0.227 e. The fourth-order valence-corrected chi connectivity index (χ4v) is 1.84. The Morgan fingerprint density at radius 3 is 3.06 bits per heavy atom. The van der Waals surface area contributed by atoms with Crippen LogP contribution in [0, 0.1) is 12.8 Å². The van der Waals surface area contributed by atoms with Gasteiger partial charge in [-0.3, -0.25) is 4.79 Å². The summed E-state index contributed by atoms with van der Waals surface area (Å²) in [5, 5.41) is 2.97. The summed E-state index contributed by atoms with van der Waals surface area (Å²) in [7, 11) is 0. The summed E-state index contributed by atoms with van der Waals surface area (Å²) in [4.78, 5) is 15.9. The molecule has 82 valence electrons. The lowest BCUT2D eigenvalue weighted by atomic mass is 10.3. The fourth-order valence-electron chi connectivity index (χ4n) is 1.84. The molecule has 1 aliphatic rings. The molecule has 0 spiro atoms.